The normalized spacial score (nSPS) is 17.6. The van der Waals surface area contributed by atoms with Gasteiger partial charge in [-0.25, -0.2) is 4.98 Å². The van der Waals surface area contributed by atoms with Crippen molar-refractivity contribution in [2.75, 3.05) is 39.9 Å². The van der Waals surface area contributed by atoms with E-state index in [0.29, 0.717) is 5.92 Å². The first-order valence-corrected chi connectivity index (χ1v) is 9.55. The fourth-order valence-corrected chi connectivity index (χ4v) is 3.58. The second-order valence-corrected chi connectivity index (χ2v) is 7.13. The molecular formula is C17H31IN4OS. The maximum Gasteiger partial charge on any atom is 0.193 e. The van der Waals surface area contributed by atoms with E-state index in [9.17, 15) is 0 Å². The molecule has 1 aromatic heterocycles. The number of ether oxygens (including phenoxy) is 1. The van der Waals surface area contributed by atoms with Crippen LogP contribution in [0.5, 0.6) is 0 Å². The molecule has 1 aliphatic heterocycles. The zero-order valence-electron chi connectivity index (χ0n) is 15.1. The highest BCUT2D eigenvalue weighted by atomic mass is 127. The van der Waals surface area contributed by atoms with Gasteiger partial charge in [-0.2, -0.15) is 0 Å². The number of rotatable bonds is 8. The predicted molar refractivity (Wildman–Crippen MR) is 113 cm³/mol. The van der Waals surface area contributed by atoms with Crippen LogP contribution in [0.3, 0.4) is 0 Å². The Kier molecular flexibility index (Phi) is 10.8. The first-order valence-electron chi connectivity index (χ1n) is 8.67. The lowest BCUT2D eigenvalue weighted by atomic mass is 10.1. The van der Waals surface area contributed by atoms with Crippen LogP contribution in [0.15, 0.2) is 10.4 Å². The Morgan fingerprint density at radius 1 is 1.50 bits per heavy atom. The van der Waals surface area contributed by atoms with Gasteiger partial charge < -0.3 is 15.0 Å². The molecule has 1 saturated heterocycles. The van der Waals surface area contributed by atoms with Crippen molar-refractivity contribution in [2.45, 2.75) is 39.5 Å². The molecule has 2 heterocycles. The van der Waals surface area contributed by atoms with Gasteiger partial charge in [0.2, 0.25) is 0 Å². The summed E-state index contributed by atoms with van der Waals surface area (Å²) in [6.07, 6.45) is 4.49. The molecule has 2 rings (SSSR count). The lowest BCUT2D eigenvalue weighted by Gasteiger charge is -2.24. The predicted octanol–water partition coefficient (Wildman–Crippen LogP) is 3.33. The molecule has 0 amide bonds. The molecule has 0 bridgehead atoms. The van der Waals surface area contributed by atoms with Crippen molar-refractivity contribution in [2.24, 2.45) is 10.9 Å². The third-order valence-electron chi connectivity index (χ3n) is 3.98. The molecule has 0 aromatic carbocycles. The number of hydrogen-bond acceptors (Lipinski definition) is 4. The Morgan fingerprint density at radius 2 is 2.33 bits per heavy atom. The minimum atomic E-state index is 0. The molecular weight excluding hydrogens is 435 g/mol. The van der Waals surface area contributed by atoms with E-state index in [-0.39, 0.29) is 24.0 Å². The minimum absolute atomic E-state index is 0. The van der Waals surface area contributed by atoms with E-state index in [1.54, 1.807) is 11.3 Å². The average Bonchev–Trinajstić information content (AvgIpc) is 3.17. The number of thiazole rings is 1. The number of nitrogens with one attached hydrogen (secondary N) is 1. The maximum absolute atomic E-state index is 5.46. The van der Waals surface area contributed by atoms with Gasteiger partial charge in [-0.1, -0.05) is 0 Å². The standard InChI is InChI=1S/C17H30N4OS.HI/c1-4-18-17(21(3)11-15-8-10-22-12-15)19-9-6-5-7-16-20-14(2)13-23-16;/h13,15H,4-12H2,1-3H3,(H,18,19);1H. The summed E-state index contributed by atoms with van der Waals surface area (Å²) < 4.78 is 5.46. The van der Waals surface area contributed by atoms with Crippen molar-refractivity contribution in [1.82, 2.24) is 15.2 Å². The number of aromatic nitrogens is 1. The van der Waals surface area contributed by atoms with Crippen LogP contribution in [-0.2, 0) is 11.2 Å². The van der Waals surface area contributed by atoms with Gasteiger partial charge in [0, 0.05) is 50.3 Å². The van der Waals surface area contributed by atoms with Gasteiger partial charge in [0.15, 0.2) is 5.96 Å². The SMILES string of the molecule is CCNC(=NCCCCc1nc(C)cs1)N(C)CC1CCOC1.I. The molecule has 7 heteroatoms. The zero-order valence-corrected chi connectivity index (χ0v) is 18.2. The van der Waals surface area contributed by atoms with Crippen LogP contribution in [0.25, 0.3) is 0 Å². The first-order chi connectivity index (χ1) is 11.2. The maximum atomic E-state index is 5.46. The fraction of sp³-hybridized carbons (Fsp3) is 0.765. The third kappa shape index (κ3) is 7.65. The molecule has 1 aliphatic rings. The van der Waals surface area contributed by atoms with E-state index in [1.807, 2.05) is 0 Å². The molecule has 1 unspecified atom stereocenters. The Labute approximate surface area is 167 Å². The van der Waals surface area contributed by atoms with E-state index in [1.165, 1.54) is 5.01 Å². The van der Waals surface area contributed by atoms with Crippen molar-refractivity contribution < 1.29 is 4.74 Å². The fourth-order valence-electron chi connectivity index (χ4n) is 2.76. The van der Waals surface area contributed by atoms with Crippen molar-refractivity contribution in [3.63, 3.8) is 0 Å². The average molecular weight is 466 g/mol. The van der Waals surface area contributed by atoms with Crippen molar-refractivity contribution >= 4 is 41.3 Å². The molecule has 0 radical (unpaired) electrons. The molecule has 1 atom stereocenters. The smallest absolute Gasteiger partial charge is 0.193 e. The van der Waals surface area contributed by atoms with Crippen molar-refractivity contribution in [3.05, 3.63) is 16.1 Å². The number of hydrogen-bond donors (Lipinski definition) is 1. The highest BCUT2D eigenvalue weighted by molar-refractivity contribution is 14.0. The van der Waals surface area contributed by atoms with Crippen LogP contribution in [0.4, 0.5) is 0 Å². The van der Waals surface area contributed by atoms with Crippen LogP contribution in [0.1, 0.15) is 36.9 Å². The van der Waals surface area contributed by atoms with Crippen LogP contribution in [-0.4, -0.2) is 55.7 Å². The summed E-state index contributed by atoms with van der Waals surface area (Å²) in [7, 11) is 2.12. The number of halogens is 1. The third-order valence-corrected chi connectivity index (χ3v) is 5.01. The molecule has 24 heavy (non-hydrogen) atoms. The monoisotopic (exact) mass is 466 g/mol. The zero-order chi connectivity index (χ0) is 16.5. The summed E-state index contributed by atoms with van der Waals surface area (Å²) in [5.74, 6) is 1.65. The minimum Gasteiger partial charge on any atom is -0.381 e. The molecule has 0 saturated carbocycles. The Hall–Kier alpha value is -0.410. The van der Waals surface area contributed by atoms with Gasteiger partial charge in [0.05, 0.1) is 11.6 Å². The van der Waals surface area contributed by atoms with Gasteiger partial charge in [-0.05, 0) is 39.5 Å². The van der Waals surface area contributed by atoms with Crippen LogP contribution in [0.2, 0.25) is 0 Å². The van der Waals surface area contributed by atoms with Crippen molar-refractivity contribution in [3.8, 4) is 0 Å². The summed E-state index contributed by atoms with van der Waals surface area (Å²) >= 11 is 1.77. The number of nitrogens with zero attached hydrogens (tertiary/aromatic N) is 3. The van der Waals surface area contributed by atoms with Crippen LogP contribution < -0.4 is 5.32 Å². The lowest BCUT2D eigenvalue weighted by molar-refractivity contribution is 0.181. The van der Waals surface area contributed by atoms with E-state index in [4.69, 9.17) is 9.73 Å². The summed E-state index contributed by atoms with van der Waals surface area (Å²) in [4.78, 5) is 11.5. The number of aliphatic imine (C=N–C) groups is 1. The molecule has 1 fully saturated rings. The van der Waals surface area contributed by atoms with Gasteiger partial charge in [-0.15, -0.1) is 35.3 Å². The summed E-state index contributed by atoms with van der Waals surface area (Å²) in [5, 5.41) is 6.76. The molecule has 0 spiro atoms. The Balaban J connectivity index is 0.00000288. The number of aryl methyl sites for hydroxylation is 2. The van der Waals surface area contributed by atoms with Crippen LogP contribution >= 0.6 is 35.3 Å². The summed E-state index contributed by atoms with van der Waals surface area (Å²) in [6.45, 7) is 8.76. The molecule has 1 aromatic rings. The second kappa shape index (κ2) is 12.0. The first kappa shape index (κ1) is 21.6. The van der Waals surface area contributed by atoms with Gasteiger partial charge in [0.25, 0.3) is 0 Å². The molecule has 138 valence electrons. The Morgan fingerprint density at radius 3 is 2.96 bits per heavy atom. The van der Waals surface area contributed by atoms with Gasteiger partial charge in [0.1, 0.15) is 0 Å². The Bertz CT molecular complexity index is 489. The van der Waals surface area contributed by atoms with Gasteiger partial charge >= 0.3 is 0 Å². The summed E-state index contributed by atoms with van der Waals surface area (Å²) in [6, 6.07) is 0. The van der Waals surface area contributed by atoms with E-state index in [2.05, 4.69) is 41.5 Å². The lowest BCUT2D eigenvalue weighted by Crippen LogP contribution is -2.41. The molecule has 5 nitrogen and oxygen atoms in total. The highest BCUT2D eigenvalue weighted by Gasteiger charge is 2.18. The number of guanidine groups is 1. The van der Waals surface area contributed by atoms with Crippen LogP contribution in [0, 0.1) is 12.8 Å². The van der Waals surface area contributed by atoms with E-state index in [0.717, 1.165) is 70.2 Å². The second-order valence-electron chi connectivity index (χ2n) is 6.19. The molecule has 1 N–H and O–H groups in total. The van der Waals surface area contributed by atoms with Gasteiger partial charge in [-0.3, -0.25) is 4.99 Å². The quantitative estimate of drug-likeness (QED) is 0.277. The number of unbranched alkanes of at least 4 members (excludes halogenated alkanes) is 1. The summed E-state index contributed by atoms with van der Waals surface area (Å²) in [5.41, 5.74) is 1.13. The largest absolute Gasteiger partial charge is 0.381 e. The van der Waals surface area contributed by atoms with E-state index < -0.39 is 0 Å². The molecule has 0 aliphatic carbocycles. The van der Waals surface area contributed by atoms with E-state index >= 15 is 0 Å². The highest BCUT2D eigenvalue weighted by Crippen LogP contribution is 2.14. The topological polar surface area (TPSA) is 49.8 Å². The van der Waals surface area contributed by atoms with Crippen molar-refractivity contribution in [1.29, 1.82) is 0 Å².